The minimum absolute atomic E-state index is 0.00426. The summed E-state index contributed by atoms with van der Waals surface area (Å²) < 4.78 is 27.9. The Morgan fingerprint density at radius 1 is 1.63 bits per heavy atom. The van der Waals surface area contributed by atoms with Crippen LogP contribution in [0.25, 0.3) is 0 Å². The molecular weight excluding hydrogens is 288 g/mol. The van der Waals surface area contributed by atoms with Crippen LogP contribution < -0.4 is 4.72 Å². The SMILES string of the molecule is Cn1cc(S(=O)(=O)NCC2CCCS2)cc1C(=O)O. The molecule has 0 spiro atoms. The molecule has 1 saturated heterocycles. The van der Waals surface area contributed by atoms with E-state index in [-0.39, 0.29) is 10.6 Å². The summed E-state index contributed by atoms with van der Waals surface area (Å²) in [6, 6.07) is 1.17. The molecule has 2 heterocycles. The fourth-order valence-corrected chi connectivity index (χ4v) is 4.44. The lowest BCUT2D eigenvalue weighted by Crippen LogP contribution is -2.29. The van der Waals surface area contributed by atoms with E-state index in [4.69, 9.17) is 5.11 Å². The highest BCUT2D eigenvalue weighted by Gasteiger charge is 2.22. The largest absolute Gasteiger partial charge is 0.477 e. The van der Waals surface area contributed by atoms with E-state index < -0.39 is 16.0 Å². The Kier molecular flexibility index (Phi) is 4.22. The van der Waals surface area contributed by atoms with Gasteiger partial charge in [-0.15, -0.1) is 0 Å². The third kappa shape index (κ3) is 3.31. The molecule has 2 N–H and O–H groups in total. The van der Waals surface area contributed by atoms with Crippen LogP contribution >= 0.6 is 11.8 Å². The lowest BCUT2D eigenvalue weighted by atomic mass is 10.2. The number of aromatic nitrogens is 1. The van der Waals surface area contributed by atoms with E-state index in [2.05, 4.69) is 4.72 Å². The maximum atomic E-state index is 12.1. The molecule has 1 aliphatic rings. The lowest BCUT2D eigenvalue weighted by Gasteiger charge is -2.09. The van der Waals surface area contributed by atoms with Gasteiger partial charge in [-0.2, -0.15) is 11.8 Å². The molecule has 1 fully saturated rings. The Morgan fingerprint density at radius 2 is 2.37 bits per heavy atom. The second-order valence-electron chi connectivity index (χ2n) is 4.46. The van der Waals surface area contributed by atoms with Crippen LogP contribution in [0.2, 0.25) is 0 Å². The Morgan fingerprint density at radius 3 is 2.89 bits per heavy atom. The molecule has 0 aromatic carbocycles. The van der Waals surface area contributed by atoms with Crippen molar-refractivity contribution in [3.05, 3.63) is 18.0 Å². The van der Waals surface area contributed by atoms with E-state index in [1.54, 1.807) is 11.8 Å². The fraction of sp³-hybridized carbons (Fsp3) is 0.545. The van der Waals surface area contributed by atoms with Gasteiger partial charge in [-0.05, 0) is 24.7 Å². The minimum Gasteiger partial charge on any atom is -0.477 e. The lowest BCUT2D eigenvalue weighted by molar-refractivity contribution is 0.0686. The van der Waals surface area contributed by atoms with Crippen LogP contribution in [0.1, 0.15) is 23.3 Å². The molecule has 1 aliphatic heterocycles. The van der Waals surface area contributed by atoms with Crippen molar-refractivity contribution in [2.45, 2.75) is 23.0 Å². The molecule has 6 nitrogen and oxygen atoms in total. The standard InChI is InChI=1S/C11H16N2O4S2/c1-13-7-9(5-10(13)11(14)15)19(16,17)12-6-8-3-2-4-18-8/h5,7-8,12H,2-4,6H2,1H3,(H,14,15). The van der Waals surface area contributed by atoms with Gasteiger partial charge >= 0.3 is 5.97 Å². The van der Waals surface area contributed by atoms with Crippen molar-refractivity contribution in [2.24, 2.45) is 7.05 Å². The zero-order valence-corrected chi connectivity index (χ0v) is 12.1. The van der Waals surface area contributed by atoms with Crippen molar-refractivity contribution in [1.82, 2.24) is 9.29 Å². The Hall–Kier alpha value is -0.990. The van der Waals surface area contributed by atoms with Crippen LogP contribution in [0.3, 0.4) is 0 Å². The average molecular weight is 304 g/mol. The highest BCUT2D eigenvalue weighted by Crippen LogP contribution is 2.25. The van der Waals surface area contributed by atoms with Crippen molar-refractivity contribution < 1.29 is 18.3 Å². The van der Waals surface area contributed by atoms with Crippen LogP contribution in [0.4, 0.5) is 0 Å². The van der Waals surface area contributed by atoms with Gasteiger partial charge in [0, 0.05) is 25.0 Å². The number of nitrogens with zero attached hydrogens (tertiary/aromatic N) is 1. The molecule has 0 saturated carbocycles. The summed E-state index contributed by atoms with van der Waals surface area (Å²) in [6.45, 7) is 0.393. The molecule has 0 aliphatic carbocycles. The number of thioether (sulfide) groups is 1. The number of carboxylic acids is 1. The highest BCUT2D eigenvalue weighted by atomic mass is 32.2. The van der Waals surface area contributed by atoms with Gasteiger partial charge in [0.15, 0.2) is 0 Å². The minimum atomic E-state index is -3.63. The zero-order valence-electron chi connectivity index (χ0n) is 10.5. The van der Waals surface area contributed by atoms with Gasteiger partial charge < -0.3 is 9.67 Å². The molecule has 106 valence electrons. The first kappa shape index (κ1) is 14.4. The third-order valence-electron chi connectivity index (χ3n) is 3.03. The van der Waals surface area contributed by atoms with Gasteiger partial charge in [-0.3, -0.25) is 0 Å². The molecule has 1 atom stereocenters. The van der Waals surface area contributed by atoms with E-state index >= 15 is 0 Å². The molecule has 1 aromatic heterocycles. The maximum absolute atomic E-state index is 12.1. The molecular formula is C11H16N2O4S2. The van der Waals surface area contributed by atoms with Crippen LogP contribution in [-0.2, 0) is 17.1 Å². The normalized spacial score (nSPS) is 19.7. The number of nitrogens with one attached hydrogen (secondary N) is 1. The second kappa shape index (κ2) is 5.56. The van der Waals surface area contributed by atoms with Crippen LogP contribution in [0, 0.1) is 0 Å². The average Bonchev–Trinajstić information content (AvgIpc) is 2.95. The molecule has 0 amide bonds. The first-order valence-electron chi connectivity index (χ1n) is 5.91. The Labute approximate surface area is 116 Å². The number of hydrogen-bond donors (Lipinski definition) is 2. The van der Waals surface area contributed by atoms with Gasteiger partial charge in [0.2, 0.25) is 10.0 Å². The number of sulfonamides is 1. The summed E-state index contributed by atoms with van der Waals surface area (Å²) in [5.74, 6) is -0.0729. The number of carbonyl (C=O) groups is 1. The van der Waals surface area contributed by atoms with Crippen molar-refractivity contribution in [1.29, 1.82) is 0 Å². The van der Waals surface area contributed by atoms with Crippen molar-refractivity contribution in [2.75, 3.05) is 12.3 Å². The van der Waals surface area contributed by atoms with Crippen LogP contribution in [-0.4, -0.2) is 41.6 Å². The summed E-state index contributed by atoms with van der Waals surface area (Å²) in [6.07, 6.45) is 3.45. The topological polar surface area (TPSA) is 88.4 Å². The molecule has 8 heteroatoms. The van der Waals surface area contributed by atoms with Crippen molar-refractivity contribution >= 4 is 27.8 Å². The Bertz CT molecular complexity index is 574. The predicted octanol–water partition coefficient (Wildman–Crippen LogP) is 0.897. The maximum Gasteiger partial charge on any atom is 0.352 e. The van der Waals surface area contributed by atoms with E-state index in [1.807, 2.05) is 0 Å². The first-order valence-corrected chi connectivity index (χ1v) is 8.44. The number of aryl methyl sites for hydroxylation is 1. The van der Waals surface area contributed by atoms with E-state index in [9.17, 15) is 13.2 Å². The molecule has 0 radical (unpaired) electrons. The smallest absolute Gasteiger partial charge is 0.352 e. The quantitative estimate of drug-likeness (QED) is 0.843. The fourth-order valence-electron chi connectivity index (χ4n) is 1.99. The van der Waals surface area contributed by atoms with Crippen LogP contribution in [0.15, 0.2) is 17.2 Å². The number of carboxylic acid groups (broad SMARTS) is 1. The number of hydrogen-bond acceptors (Lipinski definition) is 4. The van der Waals surface area contributed by atoms with E-state index in [0.29, 0.717) is 11.8 Å². The van der Waals surface area contributed by atoms with E-state index in [1.165, 1.54) is 23.9 Å². The summed E-state index contributed by atoms with van der Waals surface area (Å²) in [5, 5.41) is 9.22. The number of aromatic carboxylic acids is 1. The third-order valence-corrected chi connectivity index (χ3v) is 5.82. The molecule has 2 rings (SSSR count). The molecule has 0 bridgehead atoms. The van der Waals surface area contributed by atoms with Crippen molar-refractivity contribution in [3.8, 4) is 0 Å². The Balaban J connectivity index is 2.10. The van der Waals surface area contributed by atoms with Gasteiger partial charge in [0.25, 0.3) is 0 Å². The first-order chi connectivity index (χ1) is 8.90. The van der Waals surface area contributed by atoms with Gasteiger partial charge in [-0.1, -0.05) is 0 Å². The van der Waals surface area contributed by atoms with Crippen LogP contribution in [0.5, 0.6) is 0 Å². The monoisotopic (exact) mass is 304 g/mol. The summed E-state index contributed by atoms with van der Waals surface area (Å²) in [7, 11) is -2.12. The zero-order chi connectivity index (χ0) is 14.0. The predicted molar refractivity (Wildman–Crippen MR) is 73.0 cm³/mol. The highest BCUT2D eigenvalue weighted by molar-refractivity contribution is 8.00. The van der Waals surface area contributed by atoms with Gasteiger partial charge in [-0.25, -0.2) is 17.9 Å². The summed E-state index contributed by atoms with van der Waals surface area (Å²) in [4.78, 5) is 10.9. The molecule has 19 heavy (non-hydrogen) atoms. The summed E-state index contributed by atoms with van der Waals surface area (Å²) in [5.41, 5.74) is -0.0457. The van der Waals surface area contributed by atoms with Gasteiger partial charge in [0.05, 0.1) is 0 Å². The van der Waals surface area contributed by atoms with E-state index in [0.717, 1.165) is 18.6 Å². The molecule has 1 aromatic rings. The van der Waals surface area contributed by atoms with Crippen molar-refractivity contribution in [3.63, 3.8) is 0 Å². The second-order valence-corrected chi connectivity index (χ2v) is 7.64. The number of rotatable bonds is 5. The molecule has 1 unspecified atom stereocenters. The van der Waals surface area contributed by atoms with Gasteiger partial charge in [0.1, 0.15) is 10.6 Å². The summed E-state index contributed by atoms with van der Waals surface area (Å²) >= 11 is 1.77.